The van der Waals surface area contributed by atoms with Gasteiger partial charge in [-0.3, -0.25) is 0 Å². The maximum Gasteiger partial charge on any atom is 0.243 e. The predicted octanol–water partition coefficient (Wildman–Crippen LogP) is 3.20. The molecule has 0 aliphatic heterocycles. The summed E-state index contributed by atoms with van der Waals surface area (Å²) in [7, 11) is 0. The van der Waals surface area contributed by atoms with Gasteiger partial charge in [0.1, 0.15) is 0 Å². The molecule has 1 atom stereocenters. The summed E-state index contributed by atoms with van der Waals surface area (Å²) in [5.74, 6) is 1.63. The molecule has 2 N–H and O–H groups in total. The van der Waals surface area contributed by atoms with Crippen LogP contribution >= 0.6 is 0 Å². The Morgan fingerprint density at radius 1 is 1.20 bits per heavy atom. The third kappa shape index (κ3) is 2.04. The first-order valence-electron chi connectivity index (χ1n) is 7.29. The van der Waals surface area contributed by atoms with Gasteiger partial charge in [0.25, 0.3) is 0 Å². The summed E-state index contributed by atoms with van der Waals surface area (Å²) < 4.78 is 5.41. The number of hydrogen-bond acceptors (Lipinski definition) is 4. The van der Waals surface area contributed by atoms with E-state index in [1.807, 2.05) is 6.07 Å². The van der Waals surface area contributed by atoms with E-state index in [0.717, 1.165) is 18.7 Å². The van der Waals surface area contributed by atoms with Crippen LogP contribution in [0.4, 0.5) is 0 Å². The molecule has 1 saturated carbocycles. The van der Waals surface area contributed by atoms with E-state index in [9.17, 15) is 0 Å². The zero-order valence-electron chi connectivity index (χ0n) is 12.0. The predicted molar refractivity (Wildman–Crippen MR) is 77.1 cm³/mol. The third-order valence-electron chi connectivity index (χ3n) is 4.41. The molecule has 3 rings (SSSR count). The molecule has 1 aliphatic rings. The molecule has 0 radical (unpaired) electrons. The summed E-state index contributed by atoms with van der Waals surface area (Å²) in [5, 5.41) is 4.22. The molecule has 1 aliphatic carbocycles. The fourth-order valence-electron chi connectivity index (χ4n) is 2.78. The van der Waals surface area contributed by atoms with Crippen LogP contribution in [0.15, 0.2) is 34.9 Å². The van der Waals surface area contributed by atoms with Crippen molar-refractivity contribution in [3.8, 4) is 0 Å². The number of hydrogen-bond donors (Lipinski definition) is 1. The van der Waals surface area contributed by atoms with Gasteiger partial charge in [-0.1, -0.05) is 55.8 Å². The fraction of sp³-hybridized carbons (Fsp3) is 0.500. The van der Waals surface area contributed by atoms with E-state index in [2.05, 4.69) is 48.3 Å². The van der Waals surface area contributed by atoms with E-state index in [-0.39, 0.29) is 17.4 Å². The smallest absolute Gasteiger partial charge is 0.243 e. The average molecular weight is 271 g/mol. The summed E-state index contributed by atoms with van der Waals surface area (Å²) in [6, 6.07) is 10.3. The molecule has 1 heterocycles. The Labute approximate surface area is 119 Å². The van der Waals surface area contributed by atoms with Crippen LogP contribution in [0.25, 0.3) is 0 Å². The molecule has 0 saturated heterocycles. The van der Waals surface area contributed by atoms with Crippen molar-refractivity contribution in [3.63, 3.8) is 0 Å². The molecule has 0 amide bonds. The highest BCUT2D eigenvalue weighted by Gasteiger charge is 2.44. The zero-order valence-corrected chi connectivity index (χ0v) is 12.0. The molecule has 1 aromatic heterocycles. The molecule has 1 aromatic carbocycles. The lowest BCUT2D eigenvalue weighted by atomic mass is 9.64. The summed E-state index contributed by atoms with van der Waals surface area (Å²) in [6.07, 6.45) is 3.36. The van der Waals surface area contributed by atoms with E-state index in [1.165, 1.54) is 12.0 Å². The number of benzene rings is 1. The van der Waals surface area contributed by atoms with Crippen molar-refractivity contribution in [3.05, 3.63) is 47.6 Å². The van der Waals surface area contributed by atoms with Gasteiger partial charge in [0.2, 0.25) is 5.89 Å². The van der Waals surface area contributed by atoms with Crippen LogP contribution in [0.2, 0.25) is 0 Å². The fourth-order valence-corrected chi connectivity index (χ4v) is 2.78. The van der Waals surface area contributed by atoms with Crippen LogP contribution < -0.4 is 5.73 Å². The van der Waals surface area contributed by atoms with Crippen LogP contribution in [0.3, 0.4) is 0 Å². The zero-order chi connectivity index (χ0) is 14.2. The van der Waals surface area contributed by atoms with Gasteiger partial charge in [0.05, 0.1) is 11.5 Å². The van der Waals surface area contributed by atoms with Gasteiger partial charge in [0, 0.05) is 0 Å². The van der Waals surface area contributed by atoms with Crippen LogP contribution in [0.5, 0.6) is 0 Å². The van der Waals surface area contributed by atoms with Gasteiger partial charge in [-0.25, -0.2) is 0 Å². The molecule has 0 bridgehead atoms. The van der Waals surface area contributed by atoms with Gasteiger partial charge in [0.15, 0.2) is 5.82 Å². The number of aromatic nitrogens is 2. The lowest BCUT2D eigenvalue weighted by Crippen LogP contribution is -2.36. The second-order valence-electron chi connectivity index (χ2n) is 6.03. The van der Waals surface area contributed by atoms with Crippen LogP contribution in [-0.2, 0) is 5.41 Å². The number of nitrogens with two attached hydrogens (primary N) is 1. The third-order valence-corrected chi connectivity index (χ3v) is 4.41. The van der Waals surface area contributed by atoms with Crippen LogP contribution in [-0.4, -0.2) is 10.1 Å². The number of rotatable bonds is 4. The van der Waals surface area contributed by atoms with Crippen molar-refractivity contribution in [2.45, 2.75) is 44.6 Å². The largest absolute Gasteiger partial charge is 0.338 e. The summed E-state index contributed by atoms with van der Waals surface area (Å²) in [6.45, 7) is 4.12. The molecule has 0 unspecified atom stereocenters. The quantitative estimate of drug-likeness (QED) is 0.927. The van der Waals surface area contributed by atoms with Crippen molar-refractivity contribution in [1.29, 1.82) is 0 Å². The molecule has 2 aromatic rings. The Morgan fingerprint density at radius 2 is 1.90 bits per heavy atom. The first-order valence-corrected chi connectivity index (χ1v) is 7.29. The second kappa shape index (κ2) is 5.02. The highest BCUT2D eigenvalue weighted by Crippen LogP contribution is 2.47. The van der Waals surface area contributed by atoms with Gasteiger partial charge in [-0.2, -0.15) is 4.98 Å². The van der Waals surface area contributed by atoms with Crippen molar-refractivity contribution in [1.82, 2.24) is 10.1 Å². The molecule has 4 heteroatoms. The summed E-state index contributed by atoms with van der Waals surface area (Å²) >= 11 is 0. The van der Waals surface area contributed by atoms with Crippen molar-refractivity contribution >= 4 is 0 Å². The lowest BCUT2D eigenvalue weighted by Gasteiger charge is -2.39. The van der Waals surface area contributed by atoms with Gasteiger partial charge < -0.3 is 10.3 Å². The van der Waals surface area contributed by atoms with Crippen molar-refractivity contribution in [2.24, 2.45) is 11.7 Å². The first-order chi connectivity index (χ1) is 9.63. The summed E-state index contributed by atoms with van der Waals surface area (Å²) in [4.78, 5) is 4.60. The van der Waals surface area contributed by atoms with Crippen LogP contribution in [0, 0.1) is 5.92 Å². The van der Waals surface area contributed by atoms with Crippen LogP contribution in [0.1, 0.15) is 56.4 Å². The normalized spacial score (nSPS) is 18.8. The second-order valence-corrected chi connectivity index (χ2v) is 6.03. The minimum absolute atomic E-state index is 0.0697. The topological polar surface area (TPSA) is 64.9 Å². The van der Waals surface area contributed by atoms with E-state index in [1.54, 1.807) is 0 Å². The van der Waals surface area contributed by atoms with E-state index in [4.69, 9.17) is 10.3 Å². The molecular formula is C16H21N3O. The lowest BCUT2D eigenvalue weighted by molar-refractivity contribution is 0.267. The standard InChI is InChI=1S/C16H21N3O/c1-11(2)13(17)14-18-15(19-20-14)16(9-6-10-16)12-7-4-3-5-8-12/h3-5,7-8,11,13H,6,9-10,17H2,1-2H3/t13-/m1/s1. The Kier molecular flexibility index (Phi) is 3.34. The first kappa shape index (κ1) is 13.3. The molecule has 4 nitrogen and oxygen atoms in total. The monoisotopic (exact) mass is 271 g/mol. The molecule has 1 fully saturated rings. The Bertz CT molecular complexity index is 572. The average Bonchev–Trinajstić information content (AvgIpc) is 2.87. The minimum atomic E-state index is -0.191. The van der Waals surface area contributed by atoms with Crippen molar-refractivity contribution in [2.75, 3.05) is 0 Å². The SMILES string of the molecule is CC(C)[C@@H](N)c1nc(C2(c3ccccc3)CCC2)no1. The highest BCUT2D eigenvalue weighted by atomic mass is 16.5. The van der Waals surface area contributed by atoms with Gasteiger partial charge >= 0.3 is 0 Å². The minimum Gasteiger partial charge on any atom is -0.338 e. The Morgan fingerprint density at radius 3 is 2.45 bits per heavy atom. The van der Waals surface area contributed by atoms with E-state index in [0.29, 0.717) is 5.89 Å². The Balaban J connectivity index is 1.95. The maximum atomic E-state index is 6.10. The van der Waals surface area contributed by atoms with E-state index < -0.39 is 0 Å². The Hall–Kier alpha value is -1.68. The summed E-state index contributed by atoms with van der Waals surface area (Å²) in [5.41, 5.74) is 7.30. The van der Waals surface area contributed by atoms with Gasteiger partial charge in [-0.15, -0.1) is 0 Å². The molecular weight excluding hydrogens is 250 g/mol. The molecule has 20 heavy (non-hydrogen) atoms. The van der Waals surface area contributed by atoms with E-state index >= 15 is 0 Å². The van der Waals surface area contributed by atoms with Crippen molar-refractivity contribution < 1.29 is 4.52 Å². The maximum absolute atomic E-state index is 6.10. The molecule has 0 spiro atoms. The number of nitrogens with zero attached hydrogens (tertiary/aromatic N) is 2. The highest BCUT2D eigenvalue weighted by molar-refractivity contribution is 5.35. The van der Waals surface area contributed by atoms with Gasteiger partial charge in [-0.05, 0) is 24.3 Å². The molecule has 106 valence electrons.